The number of likely N-dealkylation sites (N-methyl/N-ethyl adjacent to an activating group) is 1. The van der Waals surface area contributed by atoms with Crippen molar-refractivity contribution in [3.8, 4) is 0 Å². The van der Waals surface area contributed by atoms with Gasteiger partial charge in [-0.3, -0.25) is 9.59 Å². The summed E-state index contributed by atoms with van der Waals surface area (Å²) in [6, 6.07) is 15.8. The van der Waals surface area contributed by atoms with Crippen molar-refractivity contribution in [2.75, 3.05) is 34.9 Å². The molecule has 2 aromatic rings. The monoisotopic (exact) mass is 408 g/mol. The van der Waals surface area contributed by atoms with E-state index in [1.54, 1.807) is 39.4 Å². The minimum absolute atomic E-state index is 0.00509. The van der Waals surface area contributed by atoms with Crippen molar-refractivity contribution in [3.05, 3.63) is 72.3 Å². The van der Waals surface area contributed by atoms with Crippen LogP contribution in [0.5, 0.6) is 0 Å². The van der Waals surface area contributed by atoms with Gasteiger partial charge < -0.3 is 9.80 Å². The van der Waals surface area contributed by atoms with Gasteiger partial charge in [0, 0.05) is 47.6 Å². The van der Waals surface area contributed by atoms with Gasteiger partial charge in [0.25, 0.3) is 0 Å². The summed E-state index contributed by atoms with van der Waals surface area (Å²) in [6.45, 7) is 4.27. The van der Waals surface area contributed by atoms with E-state index < -0.39 is 9.49 Å². The summed E-state index contributed by atoms with van der Waals surface area (Å²) in [5.41, 5.74) is 3.68. The van der Waals surface area contributed by atoms with Crippen molar-refractivity contribution in [1.29, 1.82) is 0 Å². The lowest BCUT2D eigenvalue weighted by molar-refractivity contribution is -0.127. The predicted molar refractivity (Wildman–Crippen MR) is 117 cm³/mol. The number of rotatable bonds is 2. The molecule has 6 heteroatoms. The van der Waals surface area contributed by atoms with Gasteiger partial charge in [-0.25, -0.2) is 0 Å². The Morgan fingerprint density at radius 2 is 1.46 bits per heavy atom. The van der Waals surface area contributed by atoms with E-state index in [-0.39, 0.29) is 11.8 Å². The minimum atomic E-state index is -0.965. The van der Waals surface area contributed by atoms with Crippen LogP contribution in [0, 0.1) is 0 Å². The first-order valence-corrected chi connectivity index (χ1v) is 11.2. The number of fused-ring (bicyclic) bond motifs is 5. The van der Waals surface area contributed by atoms with Gasteiger partial charge in [0.15, 0.2) is 0 Å². The Morgan fingerprint density at radius 1 is 0.929 bits per heavy atom. The number of thioether (sulfide) groups is 2. The molecule has 0 aromatic heterocycles. The maximum atomic E-state index is 14.0. The maximum absolute atomic E-state index is 14.0. The Hall–Kier alpha value is -2.18. The third-order valence-electron chi connectivity index (χ3n) is 5.90. The smallest absolute Gasteiger partial charge is 0.250 e. The number of amides is 2. The fourth-order valence-electron chi connectivity index (χ4n) is 4.81. The highest BCUT2D eigenvalue weighted by Gasteiger charge is 2.72. The molecule has 0 bridgehead atoms. The average molecular weight is 409 g/mol. The fraction of sp³-hybridized carbons (Fsp3) is 0.273. The van der Waals surface area contributed by atoms with Gasteiger partial charge in [-0.15, -0.1) is 30.1 Å². The number of hydrogen-bond donors (Lipinski definition) is 0. The van der Waals surface area contributed by atoms with Crippen molar-refractivity contribution in [2.24, 2.45) is 0 Å². The average Bonchev–Trinajstić information content (AvgIpc) is 3.09. The van der Waals surface area contributed by atoms with E-state index in [0.717, 1.165) is 34.0 Å². The zero-order chi connectivity index (χ0) is 19.5. The summed E-state index contributed by atoms with van der Waals surface area (Å²) in [4.78, 5) is 31.4. The van der Waals surface area contributed by atoms with E-state index in [2.05, 4.69) is 6.58 Å². The summed E-state index contributed by atoms with van der Waals surface area (Å²) >= 11 is 3.25. The molecule has 2 amide bonds. The zero-order valence-electron chi connectivity index (χ0n) is 15.6. The molecule has 0 unspecified atom stereocenters. The van der Waals surface area contributed by atoms with E-state index >= 15 is 0 Å². The standard InChI is InChI=1S/C22H20N2O2S2/c1-3-12-24-18-11-7-5-9-16(18)22(20(24)26)21(27-13-14-28-22)15-8-4-6-10-17(15)23(2)19(21)25/h3-11H,1,12-14H2,2H3/t21-,22-/m1/s1. The normalized spacial score (nSPS) is 28.2. The lowest BCUT2D eigenvalue weighted by Gasteiger charge is -2.46. The highest BCUT2D eigenvalue weighted by atomic mass is 32.2. The first-order chi connectivity index (χ1) is 13.6. The van der Waals surface area contributed by atoms with E-state index in [9.17, 15) is 9.59 Å². The second-order valence-electron chi connectivity index (χ2n) is 7.16. The van der Waals surface area contributed by atoms with Gasteiger partial charge in [0.05, 0.1) is 0 Å². The molecular weight excluding hydrogens is 388 g/mol. The van der Waals surface area contributed by atoms with E-state index in [4.69, 9.17) is 0 Å². The zero-order valence-corrected chi connectivity index (χ0v) is 17.2. The van der Waals surface area contributed by atoms with Gasteiger partial charge >= 0.3 is 0 Å². The minimum Gasteiger partial charge on any atom is -0.314 e. The molecule has 28 heavy (non-hydrogen) atoms. The van der Waals surface area contributed by atoms with Crippen LogP contribution in [0.25, 0.3) is 0 Å². The molecule has 142 valence electrons. The number of para-hydroxylation sites is 2. The summed E-state index contributed by atoms with van der Waals surface area (Å²) < 4.78 is -1.92. The van der Waals surface area contributed by atoms with Gasteiger partial charge in [0.1, 0.15) is 9.49 Å². The molecule has 0 saturated carbocycles. The Bertz CT molecular complexity index is 1020. The number of carbonyl (C=O) groups is 2. The Balaban J connectivity index is 1.85. The SMILES string of the molecule is C=CCN1C(=O)[C@]2(SCCS[C@]23C(=O)N(C)c2ccccc23)c2ccccc21. The molecule has 2 aromatic carbocycles. The van der Waals surface area contributed by atoms with Crippen molar-refractivity contribution in [3.63, 3.8) is 0 Å². The number of carbonyl (C=O) groups excluding carboxylic acids is 2. The molecule has 2 atom stereocenters. The second kappa shape index (κ2) is 6.16. The Kier molecular flexibility index (Phi) is 3.93. The van der Waals surface area contributed by atoms with Crippen LogP contribution in [0.4, 0.5) is 11.4 Å². The molecule has 3 aliphatic rings. The van der Waals surface area contributed by atoms with Crippen molar-refractivity contribution < 1.29 is 9.59 Å². The molecule has 3 heterocycles. The summed E-state index contributed by atoms with van der Waals surface area (Å²) in [5.74, 6) is 1.64. The first kappa shape index (κ1) is 17.9. The quantitative estimate of drug-likeness (QED) is 0.710. The van der Waals surface area contributed by atoms with Gasteiger partial charge in [0.2, 0.25) is 11.8 Å². The number of nitrogens with zero attached hydrogens (tertiary/aromatic N) is 2. The highest BCUT2D eigenvalue weighted by molar-refractivity contribution is 8.08. The van der Waals surface area contributed by atoms with Crippen LogP contribution in [0.15, 0.2) is 61.2 Å². The third-order valence-corrected chi connectivity index (χ3v) is 9.37. The summed E-state index contributed by atoms with van der Waals surface area (Å²) in [5, 5.41) is 0. The van der Waals surface area contributed by atoms with E-state index in [0.29, 0.717) is 6.54 Å². The summed E-state index contributed by atoms with van der Waals surface area (Å²) in [6.07, 6.45) is 1.75. The topological polar surface area (TPSA) is 40.6 Å². The molecular formula is C22H20N2O2S2. The molecule has 0 aliphatic carbocycles. The number of anilines is 2. The van der Waals surface area contributed by atoms with Crippen LogP contribution in [0.2, 0.25) is 0 Å². The summed E-state index contributed by atoms with van der Waals surface area (Å²) in [7, 11) is 1.82. The fourth-order valence-corrected chi connectivity index (χ4v) is 8.39. The van der Waals surface area contributed by atoms with Gasteiger partial charge in [-0.2, -0.15) is 0 Å². The van der Waals surface area contributed by atoms with Crippen LogP contribution in [-0.4, -0.2) is 36.9 Å². The third kappa shape index (κ3) is 1.90. The first-order valence-electron chi connectivity index (χ1n) is 9.27. The van der Waals surface area contributed by atoms with Crippen LogP contribution < -0.4 is 9.80 Å². The molecule has 4 nitrogen and oxygen atoms in total. The molecule has 5 rings (SSSR count). The van der Waals surface area contributed by atoms with Crippen LogP contribution >= 0.6 is 23.5 Å². The molecule has 1 saturated heterocycles. The van der Waals surface area contributed by atoms with Crippen LogP contribution in [0.1, 0.15) is 11.1 Å². The van der Waals surface area contributed by atoms with Gasteiger partial charge in [-0.1, -0.05) is 42.5 Å². The second-order valence-corrected chi connectivity index (χ2v) is 9.78. The molecule has 2 spiro atoms. The molecule has 3 aliphatic heterocycles. The van der Waals surface area contributed by atoms with Crippen molar-refractivity contribution in [2.45, 2.75) is 9.49 Å². The van der Waals surface area contributed by atoms with Crippen molar-refractivity contribution in [1.82, 2.24) is 0 Å². The lowest BCUT2D eigenvalue weighted by atomic mass is 9.80. The highest BCUT2D eigenvalue weighted by Crippen LogP contribution is 2.68. The largest absolute Gasteiger partial charge is 0.314 e. The molecule has 1 fully saturated rings. The predicted octanol–water partition coefficient (Wildman–Crippen LogP) is 3.77. The van der Waals surface area contributed by atoms with Gasteiger partial charge in [-0.05, 0) is 12.1 Å². The lowest BCUT2D eigenvalue weighted by Crippen LogP contribution is -2.58. The number of benzene rings is 2. The van der Waals surface area contributed by atoms with E-state index in [1.807, 2.05) is 55.6 Å². The van der Waals surface area contributed by atoms with Crippen LogP contribution in [-0.2, 0) is 19.1 Å². The maximum Gasteiger partial charge on any atom is 0.250 e. The number of hydrogen-bond acceptors (Lipinski definition) is 4. The Morgan fingerprint density at radius 3 is 2.11 bits per heavy atom. The van der Waals surface area contributed by atoms with Crippen molar-refractivity contribution >= 4 is 46.7 Å². The molecule has 0 N–H and O–H groups in total. The Labute approximate surface area is 173 Å². The van der Waals surface area contributed by atoms with Crippen LogP contribution in [0.3, 0.4) is 0 Å². The van der Waals surface area contributed by atoms with E-state index in [1.165, 1.54) is 0 Å². The molecule has 0 radical (unpaired) electrons.